The number of nitrogens with one attached hydrogen (secondary N) is 1. The molecule has 0 aliphatic heterocycles. The van der Waals surface area contributed by atoms with Crippen molar-refractivity contribution in [3.8, 4) is 0 Å². The van der Waals surface area contributed by atoms with Crippen LogP contribution >= 0.6 is 0 Å². The van der Waals surface area contributed by atoms with Gasteiger partial charge in [-0.25, -0.2) is 0 Å². The molecule has 1 atom stereocenters. The van der Waals surface area contributed by atoms with E-state index >= 15 is 0 Å². The van der Waals surface area contributed by atoms with Crippen LogP contribution in [0.5, 0.6) is 0 Å². The summed E-state index contributed by atoms with van der Waals surface area (Å²) >= 11 is 0. The Balaban J connectivity index is 2.69. The first kappa shape index (κ1) is 10.1. The molecule has 76 valence electrons. The number of primary amides is 1. The van der Waals surface area contributed by atoms with Gasteiger partial charge in [-0.3, -0.25) is 9.59 Å². The number of nitrogen functional groups attached to an aromatic ring is 1. The molecule has 0 spiro atoms. The molecule has 6 heteroatoms. The van der Waals surface area contributed by atoms with Gasteiger partial charge < -0.3 is 21.2 Å². The third-order valence-electron chi connectivity index (χ3n) is 1.68. The van der Waals surface area contributed by atoms with Gasteiger partial charge in [-0.05, 0) is 6.92 Å². The van der Waals surface area contributed by atoms with Crippen LogP contribution in [0.3, 0.4) is 0 Å². The number of furan rings is 1. The molecule has 14 heavy (non-hydrogen) atoms. The minimum absolute atomic E-state index is 0.0156. The summed E-state index contributed by atoms with van der Waals surface area (Å²) in [6.45, 7) is 1.47. The van der Waals surface area contributed by atoms with Gasteiger partial charge in [-0.2, -0.15) is 0 Å². The molecule has 1 heterocycles. The molecule has 0 saturated carbocycles. The molecule has 0 bridgehead atoms. The van der Waals surface area contributed by atoms with Gasteiger partial charge in [0.25, 0.3) is 5.91 Å². The molecule has 2 amide bonds. The zero-order chi connectivity index (χ0) is 10.7. The summed E-state index contributed by atoms with van der Waals surface area (Å²) in [5.74, 6) is -1.19. The van der Waals surface area contributed by atoms with Crippen LogP contribution in [0.4, 0.5) is 5.69 Å². The summed E-state index contributed by atoms with van der Waals surface area (Å²) in [6, 6.07) is 0.691. The molecule has 0 unspecified atom stereocenters. The first-order valence-electron chi connectivity index (χ1n) is 3.95. The van der Waals surface area contributed by atoms with E-state index < -0.39 is 17.9 Å². The molecule has 0 saturated heterocycles. The fourth-order valence-corrected chi connectivity index (χ4v) is 0.837. The van der Waals surface area contributed by atoms with E-state index in [2.05, 4.69) is 5.32 Å². The Bertz CT molecular complexity index is 358. The molecule has 0 aliphatic rings. The zero-order valence-corrected chi connectivity index (χ0v) is 7.61. The number of hydrogen-bond donors (Lipinski definition) is 3. The monoisotopic (exact) mass is 197 g/mol. The normalized spacial score (nSPS) is 12.1. The van der Waals surface area contributed by atoms with Gasteiger partial charge in [0.2, 0.25) is 11.7 Å². The third-order valence-corrected chi connectivity index (χ3v) is 1.68. The second kappa shape index (κ2) is 3.82. The highest BCUT2D eigenvalue weighted by atomic mass is 16.3. The summed E-state index contributed by atoms with van der Waals surface area (Å²) in [7, 11) is 0. The van der Waals surface area contributed by atoms with Crippen LogP contribution in [0, 0.1) is 0 Å². The molecule has 0 radical (unpaired) electrons. The van der Waals surface area contributed by atoms with E-state index in [1.807, 2.05) is 0 Å². The van der Waals surface area contributed by atoms with Crippen LogP contribution in [0.25, 0.3) is 0 Å². The zero-order valence-electron chi connectivity index (χ0n) is 7.61. The number of hydrogen-bond acceptors (Lipinski definition) is 4. The maximum absolute atomic E-state index is 11.3. The quantitative estimate of drug-likeness (QED) is 0.604. The summed E-state index contributed by atoms with van der Waals surface area (Å²) in [5, 5.41) is 2.34. The van der Waals surface area contributed by atoms with Crippen molar-refractivity contribution in [2.24, 2.45) is 5.73 Å². The second-order valence-electron chi connectivity index (χ2n) is 2.80. The second-order valence-corrected chi connectivity index (χ2v) is 2.80. The summed E-state index contributed by atoms with van der Waals surface area (Å²) in [4.78, 5) is 22.0. The van der Waals surface area contributed by atoms with E-state index in [-0.39, 0.29) is 11.4 Å². The molecule has 1 aromatic rings. The summed E-state index contributed by atoms with van der Waals surface area (Å²) < 4.78 is 4.82. The van der Waals surface area contributed by atoms with Crippen LogP contribution in [-0.4, -0.2) is 17.9 Å². The van der Waals surface area contributed by atoms with Crippen LogP contribution < -0.4 is 16.8 Å². The molecular formula is C8H11N3O3. The molecule has 0 aliphatic carbocycles. The van der Waals surface area contributed by atoms with Crippen molar-refractivity contribution in [3.05, 3.63) is 18.1 Å². The SMILES string of the molecule is C[C@H](NC(=O)c1occc1N)C(N)=O. The van der Waals surface area contributed by atoms with Gasteiger partial charge in [-0.1, -0.05) is 0 Å². The van der Waals surface area contributed by atoms with E-state index in [9.17, 15) is 9.59 Å². The van der Waals surface area contributed by atoms with Gasteiger partial charge in [-0.15, -0.1) is 0 Å². The smallest absolute Gasteiger partial charge is 0.289 e. The molecule has 5 N–H and O–H groups in total. The number of carbonyl (C=O) groups is 2. The molecule has 6 nitrogen and oxygen atoms in total. The van der Waals surface area contributed by atoms with E-state index in [4.69, 9.17) is 15.9 Å². The van der Waals surface area contributed by atoms with E-state index in [0.29, 0.717) is 0 Å². The number of amides is 2. The van der Waals surface area contributed by atoms with Gasteiger partial charge in [0, 0.05) is 6.07 Å². The first-order chi connectivity index (χ1) is 6.52. The standard InChI is InChI=1S/C8H11N3O3/c1-4(7(10)12)11-8(13)6-5(9)2-3-14-6/h2-4H,9H2,1H3,(H2,10,12)(H,11,13)/t4-/m0/s1. The lowest BCUT2D eigenvalue weighted by molar-refractivity contribution is -0.119. The van der Waals surface area contributed by atoms with Crippen molar-refractivity contribution >= 4 is 17.5 Å². The van der Waals surface area contributed by atoms with Crippen molar-refractivity contribution in [3.63, 3.8) is 0 Å². The minimum atomic E-state index is -0.757. The number of nitrogens with two attached hydrogens (primary N) is 2. The summed E-state index contributed by atoms with van der Waals surface area (Å²) in [6.07, 6.45) is 1.29. The molecule has 1 rings (SSSR count). The number of rotatable bonds is 3. The average molecular weight is 197 g/mol. The van der Waals surface area contributed by atoms with Crippen LogP contribution in [-0.2, 0) is 4.79 Å². The Morgan fingerprint density at radius 3 is 2.64 bits per heavy atom. The van der Waals surface area contributed by atoms with E-state index in [0.717, 1.165) is 0 Å². The van der Waals surface area contributed by atoms with Crippen LogP contribution in [0.1, 0.15) is 17.5 Å². The van der Waals surface area contributed by atoms with Crippen molar-refractivity contribution < 1.29 is 14.0 Å². The maximum atomic E-state index is 11.3. The average Bonchev–Trinajstić information content (AvgIpc) is 2.51. The van der Waals surface area contributed by atoms with E-state index in [1.165, 1.54) is 19.3 Å². The van der Waals surface area contributed by atoms with Crippen molar-refractivity contribution in [2.75, 3.05) is 5.73 Å². The lowest BCUT2D eigenvalue weighted by atomic mass is 10.3. The first-order valence-corrected chi connectivity index (χ1v) is 3.95. The molecular weight excluding hydrogens is 186 g/mol. The lowest BCUT2D eigenvalue weighted by Gasteiger charge is -2.08. The molecule has 0 fully saturated rings. The highest BCUT2D eigenvalue weighted by molar-refractivity contribution is 5.98. The summed E-state index contributed by atoms with van der Waals surface area (Å²) in [5.41, 5.74) is 10.6. The predicted octanol–water partition coefficient (Wildman–Crippen LogP) is -0.535. The minimum Gasteiger partial charge on any atom is -0.457 e. The highest BCUT2D eigenvalue weighted by Crippen LogP contribution is 2.11. The maximum Gasteiger partial charge on any atom is 0.289 e. The Hall–Kier alpha value is -1.98. The number of anilines is 1. The topological polar surface area (TPSA) is 111 Å². The van der Waals surface area contributed by atoms with Crippen molar-refractivity contribution in [2.45, 2.75) is 13.0 Å². The fourth-order valence-electron chi connectivity index (χ4n) is 0.837. The third kappa shape index (κ3) is 2.03. The Morgan fingerprint density at radius 2 is 2.21 bits per heavy atom. The Kier molecular flexibility index (Phi) is 2.76. The molecule has 1 aromatic heterocycles. The van der Waals surface area contributed by atoms with Gasteiger partial charge in [0.05, 0.1) is 12.0 Å². The number of carbonyl (C=O) groups excluding carboxylic acids is 2. The van der Waals surface area contributed by atoms with Crippen molar-refractivity contribution in [1.29, 1.82) is 0 Å². The van der Waals surface area contributed by atoms with Crippen molar-refractivity contribution in [1.82, 2.24) is 5.32 Å². The van der Waals surface area contributed by atoms with Gasteiger partial charge in [0.1, 0.15) is 6.04 Å². The highest BCUT2D eigenvalue weighted by Gasteiger charge is 2.17. The van der Waals surface area contributed by atoms with Gasteiger partial charge >= 0.3 is 0 Å². The van der Waals surface area contributed by atoms with Crippen LogP contribution in [0.15, 0.2) is 16.7 Å². The largest absolute Gasteiger partial charge is 0.457 e. The Morgan fingerprint density at radius 1 is 1.57 bits per heavy atom. The molecule has 0 aromatic carbocycles. The van der Waals surface area contributed by atoms with Crippen LogP contribution in [0.2, 0.25) is 0 Å². The van der Waals surface area contributed by atoms with E-state index in [1.54, 1.807) is 0 Å². The Labute approximate surface area is 80.2 Å². The predicted molar refractivity (Wildman–Crippen MR) is 49.2 cm³/mol. The lowest BCUT2D eigenvalue weighted by Crippen LogP contribution is -2.42. The van der Waals surface area contributed by atoms with Gasteiger partial charge in [0.15, 0.2) is 0 Å². The fraction of sp³-hybridized carbons (Fsp3) is 0.250.